The van der Waals surface area contributed by atoms with E-state index in [1.165, 1.54) is 0 Å². The van der Waals surface area contributed by atoms with Crippen LogP contribution in [0.25, 0.3) is 0 Å². The summed E-state index contributed by atoms with van der Waals surface area (Å²) in [5.74, 6) is 1.34. The minimum absolute atomic E-state index is 0.533. The number of rotatable bonds is 3. The van der Waals surface area contributed by atoms with Crippen LogP contribution in [-0.4, -0.2) is 41.0 Å². The molecule has 0 saturated carbocycles. The molecular formula is C14H18N4OS. The van der Waals surface area contributed by atoms with E-state index in [9.17, 15) is 9.47 Å². The van der Waals surface area contributed by atoms with Crippen molar-refractivity contribution in [1.29, 1.82) is 5.26 Å². The van der Waals surface area contributed by atoms with Gasteiger partial charge in [-0.1, -0.05) is 0 Å². The lowest BCUT2D eigenvalue weighted by molar-refractivity contribution is 0.643. The Hall–Kier alpha value is -1.87. The van der Waals surface area contributed by atoms with E-state index >= 15 is 0 Å². The van der Waals surface area contributed by atoms with Crippen LogP contribution in [0.1, 0.15) is 17.5 Å². The molecular weight excluding hydrogens is 272 g/mol. The molecule has 0 bridgehead atoms. The predicted octanol–water partition coefficient (Wildman–Crippen LogP) is 2.59. The van der Waals surface area contributed by atoms with E-state index in [1.807, 2.05) is 21.0 Å². The fourth-order valence-corrected chi connectivity index (χ4v) is 3.36. The summed E-state index contributed by atoms with van der Waals surface area (Å²) >= 11 is 0. The maximum absolute atomic E-state index is 12.2. The molecule has 1 aliphatic heterocycles. The van der Waals surface area contributed by atoms with Crippen molar-refractivity contribution in [1.82, 2.24) is 4.90 Å². The van der Waals surface area contributed by atoms with Gasteiger partial charge in [-0.3, -0.25) is 0 Å². The molecule has 2 rings (SSSR count). The van der Waals surface area contributed by atoms with Gasteiger partial charge in [-0.25, -0.2) is 9.20 Å². The van der Waals surface area contributed by atoms with Gasteiger partial charge in [0.2, 0.25) is 0 Å². The molecule has 1 fully saturated rings. The Bertz CT molecular complexity index is 697. The minimum atomic E-state index is -2.05. The highest BCUT2D eigenvalue weighted by atomic mass is 32.2. The van der Waals surface area contributed by atoms with Crippen LogP contribution in [0.15, 0.2) is 21.5 Å². The number of nitriles is 1. The summed E-state index contributed by atoms with van der Waals surface area (Å²) in [6, 6.07) is 5.70. The Labute approximate surface area is 120 Å². The first-order chi connectivity index (χ1) is 9.43. The molecule has 0 spiro atoms. The van der Waals surface area contributed by atoms with Crippen molar-refractivity contribution in [3.05, 3.63) is 23.3 Å². The molecule has 0 radical (unpaired) electrons. The zero-order valence-corrected chi connectivity index (χ0v) is 12.8. The first kappa shape index (κ1) is 14.5. The van der Waals surface area contributed by atoms with Gasteiger partial charge < -0.3 is 4.90 Å². The fraction of sp³-hybridized carbons (Fsp3) is 0.429. The fourth-order valence-electron chi connectivity index (χ4n) is 1.90. The summed E-state index contributed by atoms with van der Waals surface area (Å²) in [4.78, 5) is 6.10. The lowest BCUT2D eigenvalue weighted by Crippen LogP contribution is -2.22. The largest absolute Gasteiger partial charge is 0.369 e. The van der Waals surface area contributed by atoms with Crippen LogP contribution in [0, 0.1) is 18.3 Å². The van der Waals surface area contributed by atoms with Crippen molar-refractivity contribution in [2.45, 2.75) is 13.3 Å². The van der Waals surface area contributed by atoms with E-state index < -0.39 is 9.73 Å². The molecule has 5 nitrogen and oxygen atoms in total. The van der Waals surface area contributed by atoms with Gasteiger partial charge in [-0.15, -0.1) is 0 Å². The van der Waals surface area contributed by atoms with E-state index in [2.05, 4.69) is 15.4 Å². The summed E-state index contributed by atoms with van der Waals surface area (Å²) in [5.41, 5.74) is 2.56. The summed E-state index contributed by atoms with van der Waals surface area (Å²) in [6.07, 6.45) is 2.62. The Morgan fingerprint density at radius 1 is 1.40 bits per heavy atom. The van der Waals surface area contributed by atoms with Gasteiger partial charge in [-0.05, 0) is 31.0 Å². The third-order valence-corrected chi connectivity index (χ3v) is 5.43. The van der Waals surface area contributed by atoms with Crippen LogP contribution in [0.2, 0.25) is 0 Å². The monoisotopic (exact) mass is 290 g/mol. The number of nitrogens with zero attached hydrogens (tertiary/aromatic N) is 4. The van der Waals surface area contributed by atoms with Crippen molar-refractivity contribution in [3.8, 4) is 6.07 Å². The molecule has 1 saturated heterocycles. The van der Waals surface area contributed by atoms with Gasteiger partial charge in [0.15, 0.2) is 0 Å². The Morgan fingerprint density at radius 3 is 2.60 bits per heavy atom. The van der Waals surface area contributed by atoms with Crippen LogP contribution < -0.4 is 0 Å². The molecule has 1 aliphatic rings. The van der Waals surface area contributed by atoms with Gasteiger partial charge >= 0.3 is 0 Å². The number of hydrogen-bond acceptors (Lipinski definition) is 4. The average molecular weight is 290 g/mol. The second-order valence-corrected chi connectivity index (χ2v) is 7.65. The van der Waals surface area contributed by atoms with Crippen molar-refractivity contribution >= 4 is 27.4 Å². The normalized spacial score (nSPS) is 16.5. The first-order valence-electron chi connectivity index (χ1n) is 6.41. The number of hydrogen-bond donors (Lipinski definition) is 0. The van der Waals surface area contributed by atoms with E-state index in [1.54, 1.807) is 23.4 Å². The van der Waals surface area contributed by atoms with Gasteiger partial charge in [0.25, 0.3) is 0 Å². The highest BCUT2D eigenvalue weighted by Crippen LogP contribution is 2.30. The minimum Gasteiger partial charge on any atom is -0.369 e. The lowest BCUT2D eigenvalue weighted by atomic mass is 10.1. The van der Waals surface area contributed by atoms with Crippen LogP contribution >= 0.6 is 0 Å². The van der Waals surface area contributed by atoms with Crippen LogP contribution in [0.5, 0.6) is 0 Å². The predicted molar refractivity (Wildman–Crippen MR) is 82.3 cm³/mol. The van der Waals surface area contributed by atoms with Crippen molar-refractivity contribution in [2.75, 3.05) is 25.6 Å². The third-order valence-electron chi connectivity index (χ3n) is 3.04. The third kappa shape index (κ3) is 3.17. The van der Waals surface area contributed by atoms with E-state index in [-0.39, 0.29) is 0 Å². The molecule has 20 heavy (non-hydrogen) atoms. The van der Waals surface area contributed by atoms with Gasteiger partial charge in [0.05, 0.1) is 33.0 Å². The molecule has 0 aromatic heterocycles. The van der Waals surface area contributed by atoms with E-state index in [0.29, 0.717) is 28.4 Å². The Morgan fingerprint density at radius 2 is 2.10 bits per heavy atom. The van der Waals surface area contributed by atoms with Gasteiger partial charge in [-0.2, -0.15) is 9.62 Å². The quantitative estimate of drug-likeness (QED) is 0.634. The van der Waals surface area contributed by atoms with E-state index in [0.717, 1.165) is 12.0 Å². The van der Waals surface area contributed by atoms with Crippen molar-refractivity contribution in [2.24, 2.45) is 9.36 Å². The van der Waals surface area contributed by atoms with Gasteiger partial charge in [0.1, 0.15) is 6.07 Å². The first-order valence-corrected chi connectivity index (χ1v) is 8.27. The molecule has 6 heteroatoms. The zero-order chi connectivity index (χ0) is 14.8. The number of aliphatic imine (C=N–C) groups is 1. The van der Waals surface area contributed by atoms with Crippen LogP contribution in [-0.2, 0) is 9.73 Å². The second kappa shape index (κ2) is 5.63. The molecule has 1 aromatic carbocycles. The Kier molecular flexibility index (Phi) is 4.09. The zero-order valence-electron chi connectivity index (χ0n) is 12.0. The molecule has 0 unspecified atom stereocenters. The van der Waals surface area contributed by atoms with Crippen molar-refractivity contribution in [3.63, 3.8) is 0 Å². The SMILES string of the molecule is Cc1cc(N=S2(=O)CCC2)cc(N=CN(C)C)c1C#N. The maximum atomic E-state index is 12.2. The maximum Gasteiger partial charge on any atom is 0.102 e. The summed E-state index contributed by atoms with van der Waals surface area (Å²) in [7, 11) is 1.68. The summed E-state index contributed by atoms with van der Waals surface area (Å²) in [6.45, 7) is 1.85. The molecule has 0 N–H and O–H groups in total. The van der Waals surface area contributed by atoms with E-state index in [4.69, 9.17) is 0 Å². The summed E-state index contributed by atoms with van der Waals surface area (Å²) < 4.78 is 16.5. The number of benzene rings is 1. The smallest absolute Gasteiger partial charge is 0.102 e. The highest BCUT2D eigenvalue weighted by molar-refractivity contribution is 7.95. The average Bonchev–Trinajstić information content (AvgIpc) is 2.34. The van der Waals surface area contributed by atoms with Crippen molar-refractivity contribution < 1.29 is 4.21 Å². The highest BCUT2D eigenvalue weighted by Gasteiger charge is 2.19. The van der Waals surface area contributed by atoms with Crippen LogP contribution in [0.3, 0.4) is 0 Å². The summed E-state index contributed by atoms with van der Waals surface area (Å²) in [5, 5.41) is 9.22. The Balaban J connectivity index is 2.50. The molecule has 1 heterocycles. The lowest BCUT2D eigenvalue weighted by Gasteiger charge is -2.18. The standard InChI is InChI=1S/C14H18N4OS/c1-11-7-12(17-20(19)5-4-6-20)8-14(13(11)9-15)16-10-18(2)3/h7-8,10H,4-6H2,1-3H3. The molecule has 0 atom stereocenters. The topological polar surface area (TPSA) is 68.8 Å². The molecule has 0 amide bonds. The molecule has 1 aromatic rings. The molecule has 0 aliphatic carbocycles. The number of aryl methyl sites for hydroxylation is 1. The van der Waals surface area contributed by atoms with Gasteiger partial charge in [0, 0.05) is 25.6 Å². The molecule has 106 valence electrons. The second-order valence-electron chi connectivity index (χ2n) is 5.10. The van der Waals surface area contributed by atoms with Crippen LogP contribution in [0.4, 0.5) is 11.4 Å².